The highest BCUT2D eigenvalue weighted by Gasteiger charge is 2.35. The SMILES string of the molecule is CC1(C)c2ccccc2-c2cc(-n3c4ccccc4c4cc5c6ccccc6n(-c6ccc7ccccc7c6)c5cc43)ccc21. The van der Waals surface area contributed by atoms with E-state index < -0.39 is 0 Å². The highest BCUT2D eigenvalue weighted by molar-refractivity contribution is 6.19. The molecular weight excluding hydrogens is 544 g/mol. The molecule has 0 aliphatic heterocycles. The molecule has 1 aliphatic carbocycles. The Hall–Kier alpha value is -5.60. The molecular formula is C43H30N2. The van der Waals surface area contributed by atoms with Crippen LogP contribution in [0.25, 0.3) is 76.9 Å². The van der Waals surface area contributed by atoms with E-state index in [9.17, 15) is 0 Å². The van der Waals surface area contributed by atoms with Crippen molar-refractivity contribution < 1.29 is 0 Å². The molecule has 2 aromatic heterocycles. The van der Waals surface area contributed by atoms with Crippen molar-refractivity contribution in [2.45, 2.75) is 19.3 Å². The fourth-order valence-corrected chi connectivity index (χ4v) is 8.15. The quantitative estimate of drug-likeness (QED) is 0.194. The van der Waals surface area contributed by atoms with Crippen molar-refractivity contribution in [3.63, 3.8) is 0 Å². The van der Waals surface area contributed by atoms with E-state index >= 15 is 0 Å². The summed E-state index contributed by atoms with van der Waals surface area (Å²) < 4.78 is 4.92. The molecule has 0 unspecified atom stereocenters. The summed E-state index contributed by atoms with van der Waals surface area (Å²) in [6, 6.07) is 54.0. The summed E-state index contributed by atoms with van der Waals surface area (Å²) in [6.07, 6.45) is 0. The van der Waals surface area contributed by atoms with Crippen molar-refractivity contribution in [1.82, 2.24) is 9.13 Å². The molecule has 0 fully saturated rings. The van der Waals surface area contributed by atoms with E-state index in [0.29, 0.717) is 0 Å². The van der Waals surface area contributed by atoms with E-state index in [0.717, 1.165) is 0 Å². The molecule has 9 aromatic rings. The van der Waals surface area contributed by atoms with Crippen LogP contribution in [0, 0.1) is 0 Å². The van der Waals surface area contributed by atoms with Gasteiger partial charge >= 0.3 is 0 Å². The predicted octanol–water partition coefficient (Wildman–Crippen LogP) is 11.3. The third-order valence-corrected chi connectivity index (χ3v) is 10.3. The van der Waals surface area contributed by atoms with E-state index in [-0.39, 0.29) is 5.41 Å². The van der Waals surface area contributed by atoms with E-state index in [1.165, 1.54) is 88.0 Å². The normalized spacial score (nSPS) is 13.7. The molecule has 0 saturated heterocycles. The summed E-state index contributed by atoms with van der Waals surface area (Å²) in [7, 11) is 0. The van der Waals surface area contributed by atoms with Crippen molar-refractivity contribution >= 4 is 54.4 Å². The van der Waals surface area contributed by atoms with Gasteiger partial charge in [-0.15, -0.1) is 0 Å². The zero-order valence-corrected chi connectivity index (χ0v) is 25.3. The van der Waals surface area contributed by atoms with Gasteiger partial charge in [0.05, 0.1) is 22.1 Å². The third-order valence-electron chi connectivity index (χ3n) is 10.3. The maximum Gasteiger partial charge on any atom is 0.0562 e. The largest absolute Gasteiger partial charge is 0.309 e. The molecule has 212 valence electrons. The second-order valence-electron chi connectivity index (χ2n) is 13.0. The van der Waals surface area contributed by atoms with E-state index in [2.05, 4.69) is 169 Å². The van der Waals surface area contributed by atoms with E-state index in [1.54, 1.807) is 0 Å². The van der Waals surface area contributed by atoms with Gasteiger partial charge in [-0.3, -0.25) is 0 Å². The molecule has 7 aromatic carbocycles. The molecule has 0 amide bonds. The zero-order valence-electron chi connectivity index (χ0n) is 25.3. The smallest absolute Gasteiger partial charge is 0.0562 e. The number of para-hydroxylation sites is 2. The van der Waals surface area contributed by atoms with Gasteiger partial charge in [0.2, 0.25) is 0 Å². The van der Waals surface area contributed by atoms with Crippen molar-refractivity contribution in [3.8, 4) is 22.5 Å². The molecule has 0 bridgehead atoms. The van der Waals surface area contributed by atoms with Gasteiger partial charge in [-0.25, -0.2) is 0 Å². The zero-order chi connectivity index (χ0) is 29.9. The highest BCUT2D eigenvalue weighted by Crippen LogP contribution is 2.49. The maximum atomic E-state index is 2.47. The summed E-state index contributed by atoms with van der Waals surface area (Å²) in [5.41, 5.74) is 12.7. The van der Waals surface area contributed by atoms with Gasteiger partial charge in [0.15, 0.2) is 0 Å². The van der Waals surface area contributed by atoms with Crippen LogP contribution < -0.4 is 0 Å². The van der Waals surface area contributed by atoms with Crippen molar-refractivity contribution in [2.24, 2.45) is 0 Å². The average molecular weight is 575 g/mol. The first-order chi connectivity index (χ1) is 22.1. The van der Waals surface area contributed by atoms with Crippen LogP contribution in [0.5, 0.6) is 0 Å². The van der Waals surface area contributed by atoms with Gasteiger partial charge in [0.1, 0.15) is 0 Å². The first-order valence-corrected chi connectivity index (χ1v) is 15.8. The lowest BCUT2D eigenvalue weighted by Crippen LogP contribution is -2.14. The van der Waals surface area contributed by atoms with Crippen LogP contribution in [0.15, 0.2) is 146 Å². The van der Waals surface area contributed by atoms with Crippen LogP contribution in [0.4, 0.5) is 0 Å². The van der Waals surface area contributed by atoms with Gasteiger partial charge in [-0.1, -0.05) is 111 Å². The summed E-state index contributed by atoms with van der Waals surface area (Å²) in [6.45, 7) is 4.69. The molecule has 0 saturated carbocycles. The molecule has 0 radical (unpaired) electrons. The first kappa shape index (κ1) is 24.8. The molecule has 0 atom stereocenters. The van der Waals surface area contributed by atoms with Gasteiger partial charge < -0.3 is 9.13 Å². The fourth-order valence-electron chi connectivity index (χ4n) is 8.15. The minimum atomic E-state index is -0.0156. The third kappa shape index (κ3) is 3.29. The van der Waals surface area contributed by atoms with Crippen LogP contribution >= 0.6 is 0 Å². The topological polar surface area (TPSA) is 9.86 Å². The summed E-state index contributed by atoms with van der Waals surface area (Å²) in [5.74, 6) is 0. The number of benzene rings is 7. The van der Waals surface area contributed by atoms with Crippen LogP contribution in [-0.4, -0.2) is 9.13 Å². The van der Waals surface area contributed by atoms with Gasteiger partial charge in [-0.05, 0) is 81.6 Å². The Kier molecular flexibility index (Phi) is 4.82. The second kappa shape index (κ2) is 8.74. The number of nitrogens with zero attached hydrogens (tertiary/aromatic N) is 2. The second-order valence-corrected chi connectivity index (χ2v) is 13.0. The molecule has 0 spiro atoms. The van der Waals surface area contributed by atoms with Crippen LogP contribution in [-0.2, 0) is 5.41 Å². The molecule has 1 aliphatic rings. The minimum Gasteiger partial charge on any atom is -0.309 e. The number of rotatable bonds is 2. The average Bonchev–Trinajstić information content (AvgIpc) is 3.66. The van der Waals surface area contributed by atoms with Gasteiger partial charge in [0.25, 0.3) is 0 Å². The van der Waals surface area contributed by atoms with Crippen LogP contribution in [0.3, 0.4) is 0 Å². The van der Waals surface area contributed by atoms with Crippen molar-refractivity contribution in [1.29, 1.82) is 0 Å². The monoisotopic (exact) mass is 574 g/mol. The van der Waals surface area contributed by atoms with Crippen LogP contribution in [0.2, 0.25) is 0 Å². The molecule has 10 rings (SSSR count). The van der Waals surface area contributed by atoms with E-state index in [1.807, 2.05) is 0 Å². The summed E-state index contributed by atoms with van der Waals surface area (Å²) >= 11 is 0. The van der Waals surface area contributed by atoms with Crippen molar-refractivity contribution in [2.75, 3.05) is 0 Å². The fraction of sp³-hybridized carbons (Fsp3) is 0.0698. The lowest BCUT2D eigenvalue weighted by molar-refractivity contribution is 0.660. The summed E-state index contributed by atoms with van der Waals surface area (Å²) in [4.78, 5) is 0. The minimum absolute atomic E-state index is 0.0156. The Balaban J connectivity index is 1.31. The van der Waals surface area contributed by atoms with Crippen LogP contribution in [0.1, 0.15) is 25.0 Å². The maximum absolute atomic E-state index is 2.47. The standard InChI is InChI=1S/C43H30N2/c1-43(2)37-16-8-5-13-31(37)34-24-30(21-22-38(34)43)45-40-18-10-7-15-33(40)36-25-35-32-14-6-9-17-39(32)44(41(35)26-42(36)45)29-20-19-27-11-3-4-12-28(27)23-29/h3-26H,1-2H3. The van der Waals surface area contributed by atoms with Gasteiger partial charge in [0, 0.05) is 38.3 Å². The Morgan fingerprint density at radius 2 is 0.933 bits per heavy atom. The molecule has 2 heteroatoms. The Bertz CT molecular complexity index is 2680. The molecule has 2 heterocycles. The number of hydrogen-bond donors (Lipinski definition) is 0. The Morgan fingerprint density at radius 3 is 1.67 bits per heavy atom. The number of aromatic nitrogens is 2. The highest BCUT2D eigenvalue weighted by atomic mass is 15.0. The van der Waals surface area contributed by atoms with E-state index in [4.69, 9.17) is 0 Å². The van der Waals surface area contributed by atoms with Crippen molar-refractivity contribution in [3.05, 3.63) is 157 Å². The Morgan fingerprint density at radius 1 is 0.378 bits per heavy atom. The molecule has 2 nitrogen and oxygen atoms in total. The molecule has 0 N–H and O–H groups in total. The lowest BCUT2D eigenvalue weighted by atomic mass is 9.82. The Labute approximate surface area is 261 Å². The lowest BCUT2D eigenvalue weighted by Gasteiger charge is -2.21. The first-order valence-electron chi connectivity index (χ1n) is 15.8. The summed E-state index contributed by atoms with van der Waals surface area (Å²) in [5, 5.41) is 7.61. The molecule has 45 heavy (non-hydrogen) atoms. The predicted molar refractivity (Wildman–Crippen MR) is 190 cm³/mol. The number of fused-ring (bicyclic) bond motifs is 10. The number of hydrogen-bond acceptors (Lipinski definition) is 0. The van der Waals surface area contributed by atoms with Gasteiger partial charge in [-0.2, -0.15) is 0 Å².